The zero-order chi connectivity index (χ0) is 12.0. The highest BCUT2D eigenvalue weighted by atomic mass is 16.3. The molecule has 1 atom stereocenters. The summed E-state index contributed by atoms with van der Waals surface area (Å²) in [6.45, 7) is 4.98. The van der Waals surface area contributed by atoms with E-state index < -0.39 is 0 Å². The number of nitrogens with one attached hydrogen (secondary N) is 1. The molecule has 4 nitrogen and oxygen atoms in total. The monoisotopic (exact) mass is 222 g/mol. The molecule has 0 aromatic carbocycles. The molecule has 2 N–H and O–H groups in total. The quantitative estimate of drug-likeness (QED) is 0.767. The molecule has 1 aromatic heterocycles. The Bertz CT molecular complexity index is 352. The average molecular weight is 222 g/mol. The van der Waals surface area contributed by atoms with Crippen molar-refractivity contribution in [3.05, 3.63) is 23.7 Å². The Morgan fingerprint density at radius 1 is 1.50 bits per heavy atom. The number of aliphatic hydroxyl groups is 1. The molecule has 0 spiro atoms. The third kappa shape index (κ3) is 3.69. The van der Waals surface area contributed by atoms with Crippen LogP contribution in [0.5, 0.6) is 0 Å². The number of rotatable bonds is 6. The predicted octanol–water partition coefficient (Wildman–Crippen LogP) is 1.65. The predicted molar refractivity (Wildman–Crippen MR) is 60.6 cm³/mol. The molecule has 1 aromatic rings. The van der Waals surface area contributed by atoms with Crippen molar-refractivity contribution in [3.8, 4) is 6.07 Å². The maximum atomic E-state index is 8.92. The minimum atomic E-state index is 0.178. The van der Waals surface area contributed by atoms with Gasteiger partial charge in [-0.1, -0.05) is 13.8 Å². The highest BCUT2D eigenvalue weighted by Crippen LogP contribution is 2.10. The van der Waals surface area contributed by atoms with Gasteiger partial charge in [0.2, 0.25) is 5.76 Å². The summed E-state index contributed by atoms with van der Waals surface area (Å²) in [6, 6.07) is 5.67. The van der Waals surface area contributed by atoms with E-state index in [-0.39, 0.29) is 12.6 Å². The summed E-state index contributed by atoms with van der Waals surface area (Å²) >= 11 is 0. The van der Waals surface area contributed by atoms with Gasteiger partial charge in [0.1, 0.15) is 11.8 Å². The summed E-state index contributed by atoms with van der Waals surface area (Å²) < 4.78 is 5.25. The number of furan rings is 1. The number of aliphatic hydroxyl groups excluding tert-OH is 1. The van der Waals surface area contributed by atoms with Gasteiger partial charge in [0.15, 0.2) is 0 Å². The SMILES string of the molecule is CC(C)C(CCO)NCc1ccc(C#N)o1. The van der Waals surface area contributed by atoms with E-state index in [4.69, 9.17) is 14.8 Å². The van der Waals surface area contributed by atoms with Crippen LogP contribution in [0.2, 0.25) is 0 Å². The maximum Gasteiger partial charge on any atom is 0.203 e. The van der Waals surface area contributed by atoms with Gasteiger partial charge < -0.3 is 14.8 Å². The second-order valence-corrected chi connectivity index (χ2v) is 4.12. The summed E-state index contributed by atoms with van der Waals surface area (Å²) in [4.78, 5) is 0. The van der Waals surface area contributed by atoms with Crippen LogP contribution in [0.15, 0.2) is 16.5 Å². The molecule has 1 heterocycles. The molecule has 0 saturated carbocycles. The zero-order valence-electron chi connectivity index (χ0n) is 9.73. The largest absolute Gasteiger partial charge is 0.449 e. The van der Waals surface area contributed by atoms with Crippen LogP contribution in [0.4, 0.5) is 0 Å². The van der Waals surface area contributed by atoms with Gasteiger partial charge in [-0.25, -0.2) is 0 Å². The fourth-order valence-corrected chi connectivity index (χ4v) is 1.57. The molecule has 0 aliphatic rings. The Hall–Kier alpha value is -1.31. The first-order chi connectivity index (χ1) is 7.67. The first kappa shape index (κ1) is 12.8. The fraction of sp³-hybridized carbons (Fsp3) is 0.583. The number of hydrogen-bond acceptors (Lipinski definition) is 4. The van der Waals surface area contributed by atoms with Crippen LogP contribution in [-0.2, 0) is 6.54 Å². The molecule has 0 saturated heterocycles. The Balaban J connectivity index is 2.45. The lowest BCUT2D eigenvalue weighted by atomic mass is 10.0. The van der Waals surface area contributed by atoms with Crippen molar-refractivity contribution < 1.29 is 9.52 Å². The van der Waals surface area contributed by atoms with Crippen molar-refractivity contribution in [1.29, 1.82) is 5.26 Å². The molecular formula is C12H18N2O2. The molecule has 1 unspecified atom stereocenters. The van der Waals surface area contributed by atoms with Crippen molar-refractivity contribution in [2.45, 2.75) is 32.9 Å². The standard InChI is InChI=1S/C12H18N2O2/c1-9(2)12(5-6-15)14-8-11-4-3-10(7-13)16-11/h3-4,9,12,14-15H,5-6,8H2,1-2H3. The van der Waals surface area contributed by atoms with E-state index in [1.807, 2.05) is 6.07 Å². The summed E-state index contributed by atoms with van der Waals surface area (Å²) in [5.41, 5.74) is 0. The lowest BCUT2D eigenvalue weighted by Gasteiger charge is -2.20. The summed E-state index contributed by atoms with van der Waals surface area (Å²) in [7, 11) is 0. The maximum absolute atomic E-state index is 8.92. The third-order valence-electron chi connectivity index (χ3n) is 2.56. The first-order valence-corrected chi connectivity index (χ1v) is 5.50. The molecule has 0 radical (unpaired) electrons. The smallest absolute Gasteiger partial charge is 0.203 e. The van der Waals surface area contributed by atoms with E-state index in [1.54, 1.807) is 12.1 Å². The normalized spacial score (nSPS) is 12.7. The lowest BCUT2D eigenvalue weighted by Crippen LogP contribution is -2.34. The van der Waals surface area contributed by atoms with Crippen molar-refractivity contribution in [2.24, 2.45) is 5.92 Å². The van der Waals surface area contributed by atoms with Gasteiger partial charge >= 0.3 is 0 Å². The van der Waals surface area contributed by atoms with Crippen LogP contribution < -0.4 is 5.32 Å². The number of nitriles is 1. The van der Waals surface area contributed by atoms with Crippen molar-refractivity contribution >= 4 is 0 Å². The van der Waals surface area contributed by atoms with Gasteiger partial charge in [-0.15, -0.1) is 0 Å². The van der Waals surface area contributed by atoms with Gasteiger partial charge in [0, 0.05) is 12.6 Å². The molecule has 0 bridgehead atoms. The van der Waals surface area contributed by atoms with Gasteiger partial charge in [-0.05, 0) is 24.5 Å². The summed E-state index contributed by atoms with van der Waals surface area (Å²) in [6.07, 6.45) is 0.726. The van der Waals surface area contributed by atoms with Crippen LogP contribution in [0, 0.1) is 17.2 Å². The lowest BCUT2D eigenvalue weighted by molar-refractivity contribution is 0.241. The van der Waals surface area contributed by atoms with E-state index in [2.05, 4.69) is 19.2 Å². The fourth-order valence-electron chi connectivity index (χ4n) is 1.57. The molecule has 0 aliphatic heterocycles. The van der Waals surface area contributed by atoms with Crippen LogP contribution in [0.3, 0.4) is 0 Å². The zero-order valence-corrected chi connectivity index (χ0v) is 9.73. The summed E-state index contributed by atoms with van der Waals surface area (Å²) in [5.74, 6) is 1.54. The highest BCUT2D eigenvalue weighted by Gasteiger charge is 2.12. The van der Waals surface area contributed by atoms with E-state index >= 15 is 0 Å². The van der Waals surface area contributed by atoms with E-state index in [0.717, 1.165) is 12.2 Å². The van der Waals surface area contributed by atoms with Gasteiger partial charge in [-0.2, -0.15) is 5.26 Å². The van der Waals surface area contributed by atoms with Crippen molar-refractivity contribution in [2.75, 3.05) is 6.61 Å². The van der Waals surface area contributed by atoms with Crippen LogP contribution in [0.1, 0.15) is 31.8 Å². The minimum Gasteiger partial charge on any atom is -0.449 e. The van der Waals surface area contributed by atoms with E-state index in [9.17, 15) is 0 Å². The van der Waals surface area contributed by atoms with Gasteiger partial charge in [-0.3, -0.25) is 0 Å². The third-order valence-corrected chi connectivity index (χ3v) is 2.56. The minimum absolute atomic E-state index is 0.178. The Labute approximate surface area is 95.9 Å². The van der Waals surface area contributed by atoms with Crippen LogP contribution in [0.25, 0.3) is 0 Å². The van der Waals surface area contributed by atoms with E-state index in [1.165, 1.54) is 0 Å². The highest BCUT2D eigenvalue weighted by molar-refractivity contribution is 5.18. The molecule has 4 heteroatoms. The second kappa shape index (κ2) is 6.31. The second-order valence-electron chi connectivity index (χ2n) is 4.12. The molecule has 88 valence electrons. The molecule has 1 rings (SSSR count). The average Bonchev–Trinajstić information content (AvgIpc) is 2.71. The van der Waals surface area contributed by atoms with E-state index in [0.29, 0.717) is 18.2 Å². The number of hydrogen-bond donors (Lipinski definition) is 2. The molecule has 0 amide bonds. The Kier molecular flexibility index (Phi) is 5.03. The summed E-state index contributed by atoms with van der Waals surface area (Å²) in [5, 5.41) is 20.8. The topological polar surface area (TPSA) is 69.2 Å². The van der Waals surface area contributed by atoms with Crippen molar-refractivity contribution in [1.82, 2.24) is 5.32 Å². The number of nitrogens with zero attached hydrogens (tertiary/aromatic N) is 1. The Morgan fingerprint density at radius 3 is 2.75 bits per heavy atom. The van der Waals surface area contributed by atoms with Crippen LogP contribution >= 0.6 is 0 Å². The first-order valence-electron chi connectivity index (χ1n) is 5.50. The van der Waals surface area contributed by atoms with Gasteiger partial charge in [0.25, 0.3) is 0 Å². The molecular weight excluding hydrogens is 204 g/mol. The molecule has 16 heavy (non-hydrogen) atoms. The van der Waals surface area contributed by atoms with Gasteiger partial charge in [0.05, 0.1) is 6.54 Å². The molecule has 0 fully saturated rings. The molecule has 0 aliphatic carbocycles. The Morgan fingerprint density at radius 2 is 2.25 bits per heavy atom. The van der Waals surface area contributed by atoms with Crippen LogP contribution in [-0.4, -0.2) is 17.8 Å². The van der Waals surface area contributed by atoms with Crippen molar-refractivity contribution in [3.63, 3.8) is 0 Å².